The molecule has 1 N–H and O–H groups in total. The summed E-state index contributed by atoms with van der Waals surface area (Å²) in [7, 11) is 0. The van der Waals surface area contributed by atoms with Crippen LogP contribution in [0.25, 0.3) is 0 Å². The SMILES string of the molecule is O=C(NC[C@@H]1CC[C@H](CC(=O)N2CCOCC2)N1CC1CC1)c1ccccc1. The van der Waals surface area contributed by atoms with E-state index in [0.29, 0.717) is 56.9 Å². The lowest BCUT2D eigenvalue weighted by Gasteiger charge is -2.33. The van der Waals surface area contributed by atoms with Gasteiger partial charge in [-0.3, -0.25) is 14.5 Å². The maximum Gasteiger partial charge on any atom is 0.251 e. The number of ether oxygens (including phenoxy) is 1. The fourth-order valence-electron chi connectivity index (χ4n) is 4.40. The van der Waals surface area contributed by atoms with Gasteiger partial charge in [0, 0.05) is 50.2 Å². The van der Waals surface area contributed by atoms with Crippen LogP contribution in [0.5, 0.6) is 0 Å². The predicted octanol–water partition coefficient (Wildman–Crippen LogP) is 1.91. The van der Waals surface area contributed by atoms with Gasteiger partial charge in [0.1, 0.15) is 0 Å². The highest BCUT2D eigenvalue weighted by Crippen LogP contribution is 2.35. The average Bonchev–Trinajstić information content (AvgIpc) is 3.49. The molecular weight excluding hydrogens is 354 g/mol. The molecule has 0 aromatic heterocycles. The summed E-state index contributed by atoms with van der Waals surface area (Å²) in [6.45, 7) is 4.44. The van der Waals surface area contributed by atoms with Crippen LogP contribution in [0.3, 0.4) is 0 Å². The van der Waals surface area contributed by atoms with Crippen molar-refractivity contribution in [3.8, 4) is 0 Å². The molecule has 1 aromatic carbocycles. The summed E-state index contributed by atoms with van der Waals surface area (Å²) in [5.41, 5.74) is 0.702. The number of hydrogen-bond acceptors (Lipinski definition) is 4. The fraction of sp³-hybridized carbons (Fsp3) is 0.636. The molecule has 0 unspecified atom stereocenters. The van der Waals surface area contributed by atoms with Crippen LogP contribution in [0.1, 0.15) is 42.5 Å². The zero-order chi connectivity index (χ0) is 19.3. The number of benzene rings is 1. The third kappa shape index (κ3) is 4.92. The Labute approximate surface area is 167 Å². The van der Waals surface area contributed by atoms with Crippen LogP contribution in [0, 0.1) is 5.92 Å². The molecule has 0 spiro atoms. The van der Waals surface area contributed by atoms with Gasteiger partial charge in [-0.15, -0.1) is 0 Å². The van der Waals surface area contributed by atoms with Crippen molar-refractivity contribution >= 4 is 11.8 Å². The first kappa shape index (κ1) is 19.4. The number of nitrogens with zero attached hydrogens (tertiary/aromatic N) is 2. The Morgan fingerprint density at radius 1 is 1.00 bits per heavy atom. The summed E-state index contributed by atoms with van der Waals surface area (Å²) in [6, 6.07) is 10.0. The van der Waals surface area contributed by atoms with Gasteiger partial charge in [0.15, 0.2) is 0 Å². The molecule has 0 radical (unpaired) electrons. The number of morpholine rings is 1. The third-order valence-electron chi connectivity index (χ3n) is 6.25. The topological polar surface area (TPSA) is 61.9 Å². The van der Waals surface area contributed by atoms with Crippen molar-refractivity contribution in [2.45, 2.75) is 44.2 Å². The Balaban J connectivity index is 1.33. The van der Waals surface area contributed by atoms with E-state index in [4.69, 9.17) is 4.74 Å². The van der Waals surface area contributed by atoms with Gasteiger partial charge in [0.2, 0.25) is 5.91 Å². The first-order chi connectivity index (χ1) is 13.7. The van der Waals surface area contributed by atoms with E-state index in [9.17, 15) is 9.59 Å². The maximum absolute atomic E-state index is 12.7. The summed E-state index contributed by atoms with van der Waals surface area (Å²) in [4.78, 5) is 29.6. The second-order valence-electron chi connectivity index (χ2n) is 8.30. The average molecular weight is 386 g/mol. The number of amides is 2. The van der Waals surface area contributed by atoms with E-state index < -0.39 is 0 Å². The quantitative estimate of drug-likeness (QED) is 0.779. The van der Waals surface area contributed by atoms with Gasteiger partial charge in [-0.1, -0.05) is 18.2 Å². The van der Waals surface area contributed by atoms with Crippen molar-refractivity contribution in [2.24, 2.45) is 5.92 Å². The van der Waals surface area contributed by atoms with Gasteiger partial charge in [-0.05, 0) is 43.7 Å². The molecule has 3 fully saturated rings. The highest BCUT2D eigenvalue weighted by molar-refractivity contribution is 5.94. The van der Waals surface area contributed by atoms with Crippen molar-refractivity contribution in [3.63, 3.8) is 0 Å². The van der Waals surface area contributed by atoms with Crippen molar-refractivity contribution in [1.82, 2.24) is 15.1 Å². The third-order valence-corrected chi connectivity index (χ3v) is 6.25. The van der Waals surface area contributed by atoms with E-state index in [1.807, 2.05) is 35.2 Å². The van der Waals surface area contributed by atoms with Crippen molar-refractivity contribution in [1.29, 1.82) is 0 Å². The molecule has 4 rings (SSSR count). The van der Waals surface area contributed by atoms with Gasteiger partial charge in [-0.25, -0.2) is 0 Å². The lowest BCUT2D eigenvalue weighted by molar-refractivity contribution is -0.136. The number of carbonyl (C=O) groups is 2. The second kappa shape index (κ2) is 9.05. The molecule has 0 bridgehead atoms. The Morgan fingerprint density at radius 3 is 2.43 bits per heavy atom. The Bertz CT molecular complexity index is 671. The highest BCUT2D eigenvalue weighted by Gasteiger charge is 2.38. The lowest BCUT2D eigenvalue weighted by atomic mass is 10.1. The van der Waals surface area contributed by atoms with Crippen LogP contribution in [0.15, 0.2) is 30.3 Å². The maximum atomic E-state index is 12.7. The molecule has 2 atom stereocenters. The van der Waals surface area contributed by atoms with Crippen LogP contribution in [0.2, 0.25) is 0 Å². The summed E-state index contributed by atoms with van der Waals surface area (Å²) < 4.78 is 5.37. The Morgan fingerprint density at radius 2 is 1.71 bits per heavy atom. The molecule has 6 nitrogen and oxygen atoms in total. The normalized spacial score (nSPS) is 25.6. The highest BCUT2D eigenvalue weighted by atomic mass is 16.5. The zero-order valence-electron chi connectivity index (χ0n) is 16.5. The Kier molecular flexibility index (Phi) is 6.27. The second-order valence-corrected chi connectivity index (χ2v) is 8.30. The minimum atomic E-state index is -0.0141. The molecule has 1 saturated carbocycles. The predicted molar refractivity (Wildman–Crippen MR) is 107 cm³/mol. The molecule has 1 aliphatic carbocycles. The largest absolute Gasteiger partial charge is 0.378 e. The van der Waals surface area contributed by atoms with E-state index in [-0.39, 0.29) is 11.8 Å². The molecule has 2 aliphatic heterocycles. The van der Waals surface area contributed by atoms with Gasteiger partial charge >= 0.3 is 0 Å². The first-order valence-corrected chi connectivity index (χ1v) is 10.6. The molecular formula is C22H31N3O3. The minimum Gasteiger partial charge on any atom is -0.378 e. The number of likely N-dealkylation sites (tertiary alicyclic amines) is 1. The summed E-state index contributed by atoms with van der Waals surface area (Å²) >= 11 is 0. The van der Waals surface area contributed by atoms with E-state index in [1.165, 1.54) is 12.8 Å². The summed E-state index contributed by atoms with van der Waals surface area (Å²) in [5, 5.41) is 3.11. The van der Waals surface area contributed by atoms with Crippen LogP contribution in [0.4, 0.5) is 0 Å². The monoisotopic (exact) mass is 385 g/mol. The first-order valence-electron chi connectivity index (χ1n) is 10.6. The van der Waals surface area contributed by atoms with Crippen LogP contribution in [-0.4, -0.2) is 73.1 Å². The number of carbonyl (C=O) groups excluding carboxylic acids is 2. The van der Waals surface area contributed by atoms with Gasteiger partial charge in [0.05, 0.1) is 13.2 Å². The zero-order valence-corrected chi connectivity index (χ0v) is 16.5. The number of rotatable bonds is 7. The van der Waals surface area contributed by atoms with Crippen LogP contribution < -0.4 is 5.32 Å². The van der Waals surface area contributed by atoms with Crippen molar-refractivity contribution in [3.05, 3.63) is 35.9 Å². The van der Waals surface area contributed by atoms with Crippen molar-refractivity contribution < 1.29 is 14.3 Å². The Hall–Kier alpha value is -1.92. The van der Waals surface area contributed by atoms with E-state index in [1.54, 1.807) is 0 Å². The lowest BCUT2D eigenvalue weighted by Crippen LogP contribution is -2.47. The van der Waals surface area contributed by atoms with Gasteiger partial charge < -0.3 is 15.0 Å². The van der Waals surface area contributed by atoms with E-state index >= 15 is 0 Å². The molecule has 2 amide bonds. The molecule has 152 valence electrons. The van der Waals surface area contributed by atoms with Crippen LogP contribution >= 0.6 is 0 Å². The molecule has 1 aromatic rings. The molecule has 2 heterocycles. The molecule has 3 aliphatic rings. The molecule has 6 heteroatoms. The summed E-state index contributed by atoms with van der Waals surface area (Å²) in [5.74, 6) is 1.01. The number of nitrogens with one attached hydrogen (secondary N) is 1. The minimum absolute atomic E-state index is 0.0141. The summed E-state index contributed by atoms with van der Waals surface area (Å²) in [6.07, 6.45) is 5.26. The van der Waals surface area contributed by atoms with Crippen molar-refractivity contribution in [2.75, 3.05) is 39.4 Å². The molecule has 28 heavy (non-hydrogen) atoms. The fourth-order valence-corrected chi connectivity index (χ4v) is 4.40. The smallest absolute Gasteiger partial charge is 0.251 e. The van der Waals surface area contributed by atoms with Gasteiger partial charge in [0.25, 0.3) is 5.91 Å². The van der Waals surface area contributed by atoms with Crippen LogP contribution in [-0.2, 0) is 9.53 Å². The molecule has 2 saturated heterocycles. The van der Waals surface area contributed by atoms with E-state index in [2.05, 4.69) is 10.2 Å². The van der Waals surface area contributed by atoms with E-state index in [0.717, 1.165) is 25.3 Å². The standard InChI is InChI=1S/C22H31N3O3/c26-21(24-10-12-28-13-11-24)14-19-8-9-20(25(19)16-17-6-7-17)15-23-22(27)18-4-2-1-3-5-18/h1-5,17,19-20H,6-16H2,(H,23,27)/t19-,20+/m1/s1. The van der Waals surface area contributed by atoms with Gasteiger partial charge in [-0.2, -0.15) is 0 Å². The number of hydrogen-bond donors (Lipinski definition) is 1.